The van der Waals surface area contributed by atoms with Crippen LogP contribution >= 0.6 is 0 Å². The van der Waals surface area contributed by atoms with Crippen molar-refractivity contribution in [2.45, 2.75) is 58.3 Å². The topological polar surface area (TPSA) is 60.4 Å². The minimum Gasteiger partial charge on any atom is -0.382 e. The number of rotatable bonds is 3. The maximum Gasteiger partial charge on any atom is 0.308 e. The van der Waals surface area contributed by atoms with E-state index >= 15 is 0 Å². The third-order valence-corrected chi connectivity index (χ3v) is 8.14. The van der Waals surface area contributed by atoms with Gasteiger partial charge in [0.05, 0.1) is 5.75 Å². The van der Waals surface area contributed by atoms with E-state index in [0.29, 0.717) is 29.3 Å². The van der Waals surface area contributed by atoms with Gasteiger partial charge in [-0.15, -0.1) is 0 Å². The molecule has 0 saturated heterocycles. The quantitative estimate of drug-likeness (QED) is 0.767. The highest BCUT2D eigenvalue weighted by Crippen LogP contribution is 2.59. The molecule has 0 N–H and O–H groups in total. The van der Waals surface area contributed by atoms with Crippen LogP contribution in [0.3, 0.4) is 0 Å². The highest BCUT2D eigenvalue weighted by Gasteiger charge is 2.54. The van der Waals surface area contributed by atoms with Crippen LogP contribution in [0.4, 0.5) is 0 Å². The summed E-state index contributed by atoms with van der Waals surface area (Å²) in [7, 11) is -3.49. The smallest absolute Gasteiger partial charge is 0.308 e. The van der Waals surface area contributed by atoms with Crippen molar-refractivity contribution >= 4 is 15.9 Å². The lowest BCUT2D eigenvalue weighted by Crippen LogP contribution is -2.42. The van der Waals surface area contributed by atoms with Crippen LogP contribution in [0.5, 0.6) is 5.75 Å². The van der Waals surface area contributed by atoms with E-state index in [1.165, 1.54) is 11.1 Å². The molecule has 3 aliphatic carbocycles. The van der Waals surface area contributed by atoms with E-state index < -0.39 is 10.1 Å². The van der Waals surface area contributed by atoms with E-state index in [-0.39, 0.29) is 11.2 Å². The molecule has 2 saturated carbocycles. The third-order valence-electron chi connectivity index (χ3n) is 6.98. The second-order valence-electron chi connectivity index (χ2n) is 8.12. The summed E-state index contributed by atoms with van der Waals surface area (Å²) in [6, 6.07) is 5.76. The highest BCUT2D eigenvalue weighted by molar-refractivity contribution is 7.87. The lowest BCUT2D eigenvalue weighted by Gasteiger charge is -2.48. The summed E-state index contributed by atoms with van der Waals surface area (Å²) in [6.07, 6.45) is 5.87. The van der Waals surface area contributed by atoms with Gasteiger partial charge in [-0.1, -0.05) is 13.0 Å². The number of carbonyl (C=O) groups excluding carboxylic acids is 1. The van der Waals surface area contributed by atoms with E-state index in [0.717, 1.165) is 38.5 Å². The minimum absolute atomic E-state index is 0.0247. The van der Waals surface area contributed by atoms with Crippen molar-refractivity contribution in [3.05, 3.63) is 29.3 Å². The van der Waals surface area contributed by atoms with Gasteiger partial charge in [-0.05, 0) is 80.0 Å². The molecule has 136 valence electrons. The Kier molecular flexibility index (Phi) is 3.98. The molecular formula is C20H26O4S. The zero-order valence-electron chi connectivity index (χ0n) is 15.0. The molecule has 0 heterocycles. The number of ketones is 1. The van der Waals surface area contributed by atoms with Crippen LogP contribution in [-0.2, 0) is 21.3 Å². The van der Waals surface area contributed by atoms with E-state index in [2.05, 4.69) is 13.0 Å². The number of aryl methyl sites for hydroxylation is 1. The van der Waals surface area contributed by atoms with E-state index in [1.807, 2.05) is 6.07 Å². The number of carbonyl (C=O) groups is 1. The normalized spacial score (nSPS) is 34.2. The second kappa shape index (κ2) is 5.83. The molecule has 0 spiro atoms. The molecule has 5 heteroatoms. The predicted molar refractivity (Wildman–Crippen MR) is 96.2 cm³/mol. The van der Waals surface area contributed by atoms with Gasteiger partial charge in [-0.3, -0.25) is 4.79 Å². The van der Waals surface area contributed by atoms with Gasteiger partial charge in [0.25, 0.3) is 0 Å². The summed E-state index contributed by atoms with van der Waals surface area (Å²) in [5.74, 6) is 2.48. The first-order valence-corrected chi connectivity index (χ1v) is 11.0. The van der Waals surface area contributed by atoms with Crippen molar-refractivity contribution in [2.75, 3.05) is 5.75 Å². The highest BCUT2D eigenvalue weighted by atomic mass is 32.2. The van der Waals surface area contributed by atoms with Crippen LogP contribution < -0.4 is 4.18 Å². The molecule has 25 heavy (non-hydrogen) atoms. The Balaban J connectivity index is 1.62. The fraction of sp³-hybridized carbons (Fsp3) is 0.650. The molecule has 0 aliphatic heterocycles. The van der Waals surface area contributed by atoms with Crippen molar-refractivity contribution in [1.29, 1.82) is 0 Å². The van der Waals surface area contributed by atoms with Crippen LogP contribution in [0.1, 0.15) is 63.0 Å². The van der Waals surface area contributed by atoms with Gasteiger partial charge in [-0.2, -0.15) is 8.42 Å². The molecule has 0 bridgehead atoms. The zero-order chi connectivity index (χ0) is 17.8. The van der Waals surface area contributed by atoms with E-state index in [1.54, 1.807) is 13.0 Å². The van der Waals surface area contributed by atoms with Gasteiger partial charge in [0.15, 0.2) is 0 Å². The van der Waals surface area contributed by atoms with Crippen molar-refractivity contribution in [3.8, 4) is 5.75 Å². The average Bonchev–Trinajstić information content (AvgIpc) is 2.89. The van der Waals surface area contributed by atoms with Crippen molar-refractivity contribution in [1.82, 2.24) is 0 Å². The van der Waals surface area contributed by atoms with Crippen molar-refractivity contribution in [3.63, 3.8) is 0 Å². The standard InChI is InChI=1S/C20H26O4S/c1-3-25(22,23)24-14-5-7-15-13(12-14)4-6-17-16(15)10-11-20(2)18(17)8-9-19(20)21/h5,7,12,16-18H,3-4,6,8-11H2,1-2H3/t16-,17-,18+,20+/m1/s1. The lowest BCUT2D eigenvalue weighted by atomic mass is 9.55. The Morgan fingerprint density at radius 2 is 2.00 bits per heavy atom. The molecule has 0 unspecified atom stereocenters. The number of Topliss-reactive ketones (excluding diaryl/α,β-unsaturated/α-hetero) is 1. The molecule has 3 aliphatic rings. The lowest BCUT2D eigenvalue weighted by molar-refractivity contribution is -0.129. The minimum atomic E-state index is -3.49. The van der Waals surface area contributed by atoms with Crippen LogP contribution in [0.2, 0.25) is 0 Å². The van der Waals surface area contributed by atoms with Crippen LogP contribution in [0, 0.1) is 17.3 Å². The van der Waals surface area contributed by atoms with Gasteiger partial charge in [0.2, 0.25) is 0 Å². The molecule has 2 fully saturated rings. The number of hydrogen-bond donors (Lipinski definition) is 0. The Bertz CT molecular complexity index is 813. The first-order chi connectivity index (χ1) is 11.8. The second-order valence-corrected chi connectivity index (χ2v) is 9.98. The largest absolute Gasteiger partial charge is 0.382 e. The number of hydrogen-bond acceptors (Lipinski definition) is 4. The molecule has 4 atom stereocenters. The summed E-state index contributed by atoms with van der Waals surface area (Å²) in [5.41, 5.74) is 2.47. The van der Waals surface area contributed by atoms with Gasteiger partial charge < -0.3 is 4.18 Å². The number of fused-ring (bicyclic) bond motifs is 5. The maximum atomic E-state index is 12.4. The van der Waals surface area contributed by atoms with Gasteiger partial charge in [0.1, 0.15) is 11.5 Å². The summed E-state index contributed by atoms with van der Waals surface area (Å²) >= 11 is 0. The molecule has 4 nitrogen and oxygen atoms in total. The summed E-state index contributed by atoms with van der Waals surface area (Å²) in [5, 5.41) is 0. The Morgan fingerprint density at radius 1 is 1.20 bits per heavy atom. The summed E-state index contributed by atoms with van der Waals surface area (Å²) in [6.45, 7) is 3.77. The fourth-order valence-electron chi connectivity index (χ4n) is 5.59. The Labute approximate surface area is 150 Å². The molecule has 0 amide bonds. The first kappa shape index (κ1) is 17.1. The molecule has 0 radical (unpaired) electrons. The van der Waals surface area contributed by atoms with Gasteiger partial charge in [0, 0.05) is 11.8 Å². The first-order valence-electron chi connectivity index (χ1n) is 9.42. The van der Waals surface area contributed by atoms with Crippen molar-refractivity contribution in [2.24, 2.45) is 17.3 Å². The predicted octanol–water partition coefficient (Wildman–Crippen LogP) is 3.84. The Hall–Kier alpha value is -1.36. The van der Waals surface area contributed by atoms with Crippen LogP contribution in [0.15, 0.2) is 18.2 Å². The van der Waals surface area contributed by atoms with E-state index in [4.69, 9.17) is 4.18 Å². The van der Waals surface area contributed by atoms with Crippen LogP contribution in [-0.4, -0.2) is 20.0 Å². The zero-order valence-corrected chi connectivity index (χ0v) is 15.8. The van der Waals surface area contributed by atoms with Crippen molar-refractivity contribution < 1.29 is 17.4 Å². The van der Waals surface area contributed by atoms with E-state index in [9.17, 15) is 13.2 Å². The molecule has 4 rings (SSSR count). The number of benzene rings is 1. The Morgan fingerprint density at radius 3 is 2.76 bits per heavy atom. The summed E-state index contributed by atoms with van der Waals surface area (Å²) < 4.78 is 28.6. The molecule has 1 aromatic carbocycles. The average molecular weight is 362 g/mol. The van der Waals surface area contributed by atoms with Gasteiger partial charge >= 0.3 is 10.1 Å². The SMILES string of the molecule is CCS(=O)(=O)Oc1ccc2c(c1)CC[C@@H]1[C@@H]2CC[C@]2(C)C(=O)CC[C@@H]12. The van der Waals surface area contributed by atoms with Gasteiger partial charge in [-0.25, -0.2) is 0 Å². The maximum absolute atomic E-state index is 12.4. The summed E-state index contributed by atoms with van der Waals surface area (Å²) in [4.78, 5) is 12.4. The monoisotopic (exact) mass is 362 g/mol. The van der Waals surface area contributed by atoms with Crippen LogP contribution in [0.25, 0.3) is 0 Å². The molecule has 1 aromatic rings. The third kappa shape index (κ3) is 2.71. The molecular weight excluding hydrogens is 336 g/mol. The molecule has 0 aromatic heterocycles. The fourth-order valence-corrected chi connectivity index (χ4v) is 6.10.